The minimum Gasteiger partial charge on any atom is -0.392 e. The van der Waals surface area contributed by atoms with E-state index >= 15 is 0 Å². The summed E-state index contributed by atoms with van der Waals surface area (Å²) in [4.78, 5) is 0. The van der Waals surface area contributed by atoms with Crippen LogP contribution in [0, 0.1) is 18.3 Å². The Labute approximate surface area is 61.2 Å². The number of rotatable bonds is 2. The standard InChI is InChI=1S/C8H12O2/c1-4-8(5-9)7(10-8)6(2)3/h1,6-7,9H,5H2,2-3H3. The van der Waals surface area contributed by atoms with E-state index in [9.17, 15) is 0 Å². The molecule has 0 amide bonds. The molecule has 1 N–H and O–H groups in total. The molecule has 0 bridgehead atoms. The van der Waals surface area contributed by atoms with Crippen molar-refractivity contribution < 1.29 is 9.84 Å². The van der Waals surface area contributed by atoms with Crippen LogP contribution in [-0.4, -0.2) is 23.4 Å². The Morgan fingerprint density at radius 1 is 1.80 bits per heavy atom. The second kappa shape index (κ2) is 2.26. The molecule has 2 nitrogen and oxygen atoms in total. The third-order valence-electron chi connectivity index (χ3n) is 1.82. The highest BCUT2D eigenvalue weighted by atomic mass is 16.6. The van der Waals surface area contributed by atoms with Crippen LogP contribution in [-0.2, 0) is 4.74 Å². The Hall–Kier alpha value is -0.520. The molecule has 0 aliphatic carbocycles. The highest BCUT2D eigenvalue weighted by Gasteiger charge is 2.56. The van der Waals surface area contributed by atoms with Crippen LogP contribution < -0.4 is 0 Å². The van der Waals surface area contributed by atoms with Gasteiger partial charge in [0.2, 0.25) is 0 Å². The van der Waals surface area contributed by atoms with Crippen molar-refractivity contribution in [3.05, 3.63) is 0 Å². The fourth-order valence-corrected chi connectivity index (χ4v) is 1.16. The van der Waals surface area contributed by atoms with Crippen LogP contribution in [0.4, 0.5) is 0 Å². The van der Waals surface area contributed by atoms with Gasteiger partial charge in [-0.1, -0.05) is 19.8 Å². The van der Waals surface area contributed by atoms with Crippen LogP contribution in [0.15, 0.2) is 0 Å². The van der Waals surface area contributed by atoms with Crippen molar-refractivity contribution in [1.29, 1.82) is 0 Å². The molecule has 0 radical (unpaired) electrons. The third-order valence-corrected chi connectivity index (χ3v) is 1.82. The van der Waals surface area contributed by atoms with E-state index in [1.54, 1.807) is 0 Å². The van der Waals surface area contributed by atoms with Gasteiger partial charge in [-0.2, -0.15) is 0 Å². The molecule has 0 aromatic carbocycles. The first kappa shape index (κ1) is 7.59. The molecule has 1 saturated heterocycles. The van der Waals surface area contributed by atoms with E-state index in [-0.39, 0.29) is 12.7 Å². The van der Waals surface area contributed by atoms with Gasteiger partial charge in [0.1, 0.15) is 6.10 Å². The van der Waals surface area contributed by atoms with Gasteiger partial charge in [-0.15, -0.1) is 6.42 Å². The summed E-state index contributed by atoms with van der Waals surface area (Å²) < 4.78 is 5.18. The van der Waals surface area contributed by atoms with Gasteiger partial charge in [-0.25, -0.2) is 0 Å². The quantitative estimate of drug-likeness (QED) is 0.445. The van der Waals surface area contributed by atoms with E-state index in [0.29, 0.717) is 5.92 Å². The minimum atomic E-state index is -0.645. The smallest absolute Gasteiger partial charge is 0.177 e. The van der Waals surface area contributed by atoms with Gasteiger partial charge in [-0.3, -0.25) is 0 Å². The van der Waals surface area contributed by atoms with Crippen LogP contribution in [0.3, 0.4) is 0 Å². The first-order chi connectivity index (χ1) is 4.66. The van der Waals surface area contributed by atoms with Crippen molar-refractivity contribution >= 4 is 0 Å². The minimum absolute atomic E-state index is 0.0579. The molecule has 1 aliphatic rings. The molecule has 0 spiro atoms. The van der Waals surface area contributed by atoms with Gasteiger partial charge < -0.3 is 9.84 Å². The monoisotopic (exact) mass is 140 g/mol. The Balaban J connectivity index is 2.55. The SMILES string of the molecule is C#CC1(CO)OC1C(C)C. The molecule has 1 fully saturated rings. The molecule has 56 valence electrons. The summed E-state index contributed by atoms with van der Waals surface area (Å²) >= 11 is 0. The lowest BCUT2D eigenvalue weighted by Crippen LogP contribution is -2.20. The summed E-state index contributed by atoms with van der Waals surface area (Å²) in [5.74, 6) is 2.85. The summed E-state index contributed by atoms with van der Waals surface area (Å²) in [5.41, 5.74) is -0.645. The molecule has 0 aromatic heterocycles. The first-order valence-corrected chi connectivity index (χ1v) is 3.42. The molecule has 2 heteroatoms. The van der Waals surface area contributed by atoms with Crippen LogP contribution in [0.5, 0.6) is 0 Å². The first-order valence-electron chi connectivity index (χ1n) is 3.42. The summed E-state index contributed by atoms with van der Waals surface area (Å²) in [6.45, 7) is 3.99. The Morgan fingerprint density at radius 2 is 2.40 bits per heavy atom. The highest BCUT2D eigenvalue weighted by Crippen LogP contribution is 2.40. The topological polar surface area (TPSA) is 32.8 Å². The van der Waals surface area contributed by atoms with Crippen molar-refractivity contribution in [2.24, 2.45) is 5.92 Å². The molecule has 1 heterocycles. The maximum atomic E-state index is 8.81. The number of hydrogen-bond acceptors (Lipinski definition) is 2. The van der Waals surface area contributed by atoms with Gasteiger partial charge in [0, 0.05) is 0 Å². The molecule has 0 aromatic rings. The van der Waals surface area contributed by atoms with E-state index in [1.165, 1.54) is 0 Å². The van der Waals surface area contributed by atoms with Crippen LogP contribution in [0.25, 0.3) is 0 Å². The van der Waals surface area contributed by atoms with Crippen molar-refractivity contribution in [1.82, 2.24) is 0 Å². The normalized spacial score (nSPS) is 37.7. The van der Waals surface area contributed by atoms with Crippen molar-refractivity contribution in [2.45, 2.75) is 25.6 Å². The van der Waals surface area contributed by atoms with E-state index in [0.717, 1.165) is 0 Å². The number of terminal acetylenes is 1. The van der Waals surface area contributed by atoms with E-state index in [2.05, 4.69) is 5.92 Å². The van der Waals surface area contributed by atoms with E-state index < -0.39 is 5.60 Å². The molecule has 2 unspecified atom stereocenters. The molecular weight excluding hydrogens is 128 g/mol. The Kier molecular flexibility index (Phi) is 1.72. The highest BCUT2D eigenvalue weighted by molar-refractivity contribution is 5.22. The second-order valence-corrected chi connectivity index (χ2v) is 2.97. The van der Waals surface area contributed by atoms with Crippen molar-refractivity contribution in [2.75, 3.05) is 6.61 Å². The maximum absolute atomic E-state index is 8.81. The zero-order chi connectivity index (χ0) is 7.78. The summed E-state index contributed by atoms with van der Waals surface area (Å²) in [5, 5.41) is 8.81. The summed E-state index contributed by atoms with van der Waals surface area (Å²) in [6.07, 6.45) is 5.23. The predicted octanol–water partition coefficient (Wildman–Crippen LogP) is 0.405. The van der Waals surface area contributed by atoms with Gasteiger partial charge >= 0.3 is 0 Å². The lowest BCUT2D eigenvalue weighted by molar-refractivity contribution is 0.207. The van der Waals surface area contributed by atoms with Crippen molar-refractivity contribution in [3.63, 3.8) is 0 Å². The average molecular weight is 140 g/mol. The molecular formula is C8H12O2. The number of epoxide rings is 1. The van der Waals surface area contributed by atoms with Crippen LogP contribution in [0.1, 0.15) is 13.8 Å². The largest absolute Gasteiger partial charge is 0.392 e. The maximum Gasteiger partial charge on any atom is 0.177 e. The van der Waals surface area contributed by atoms with Crippen molar-refractivity contribution in [3.8, 4) is 12.3 Å². The Morgan fingerprint density at radius 3 is 2.50 bits per heavy atom. The van der Waals surface area contributed by atoms with E-state index in [1.807, 2.05) is 13.8 Å². The molecule has 10 heavy (non-hydrogen) atoms. The molecule has 1 rings (SSSR count). The fraction of sp³-hybridized carbons (Fsp3) is 0.750. The number of aliphatic hydroxyl groups excluding tert-OH is 1. The Bertz CT molecular complexity index is 169. The molecule has 1 aliphatic heterocycles. The number of aliphatic hydroxyl groups is 1. The lowest BCUT2D eigenvalue weighted by Gasteiger charge is -2.01. The van der Waals surface area contributed by atoms with Gasteiger partial charge in [0.25, 0.3) is 0 Å². The zero-order valence-corrected chi connectivity index (χ0v) is 6.29. The third kappa shape index (κ3) is 0.920. The number of ether oxygens (including phenoxy) is 1. The van der Waals surface area contributed by atoms with Gasteiger partial charge in [0.15, 0.2) is 5.60 Å². The van der Waals surface area contributed by atoms with E-state index in [4.69, 9.17) is 16.3 Å². The average Bonchev–Trinajstić information content (AvgIpc) is 2.63. The summed E-state index contributed by atoms with van der Waals surface area (Å²) in [6, 6.07) is 0. The van der Waals surface area contributed by atoms with Crippen LogP contribution >= 0.6 is 0 Å². The molecule has 2 atom stereocenters. The summed E-state index contributed by atoms with van der Waals surface area (Å²) in [7, 11) is 0. The fourth-order valence-electron chi connectivity index (χ4n) is 1.16. The number of hydrogen-bond donors (Lipinski definition) is 1. The zero-order valence-electron chi connectivity index (χ0n) is 6.29. The second-order valence-electron chi connectivity index (χ2n) is 2.97. The van der Waals surface area contributed by atoms with Gasteiger partial charge in [0.05, 0.1) is 6.61 Å². The predicted molar refractivity (Wildman–Crippen MR) is 38.4 cm³/mol. The van der Waals surface area contributed by atoms with Gasteiger partial charge in [-0.05, 0) is 5.92 Å². The van der Waals surface area contributed by atoms with Crippen LogP contribution in [0.2, 0.25) is 0 Å². The molecule has 0 saturated carbocycles. The lowest BCUT2D eigenvalue weighted by atomic mass is 9.99.